The predicted octanol–water partition coefficient (Wildman–Crippen LogP) is 0.975. The first-order valence-electron chi connectivity index (χ1n) is 6.64. The van der Waals surface area contributed by atoms with Crippen LogP contribution in [0.1, 0.15) is 19.3 Å². The van der Waals surface area contributed by atoms with Gasteiger partial charge in [-0.25, -0.2) is 0 Å². The Kier molecular flexibility index (Phi) is 10.5. The summed E-state index contributed by atoms with van der Waals surface area (Å²) in [6.45, 7) is 8.27. The van der Waals surface area contributed by atoms with Crippen molar-refractivity contribution in [3.8, 4) is 0 Å². The Morgan fingerprint density at radius 1 is 1.06 bits per heavy atom. The van der Waals surface area contributed by atoms with Crippen molar-refractivity contribution < 1.29 is 4.74 Å². The molecule has 18 heavy (non-hydrogen) atoms. The summed E-state index contributed by atoms with van der Waals surface area (Å²) < 4.78 is 5.44. The second-order valence-corrected chi connectivity index (χ2v) is 4.89. The highest BCUT2D eigenvalue weighted by atomic mass is 35.5. The van der Waals surface area contributed by atoms with Crippen LogP contribution in [0.3, 0.4) is 0 Å². The lowest BCUT2D eigenvalue weighted by Gasteiger charge is -2.44. The summed E-state index contributed by atoms with van der Waals surface area (Å²) in [7, 11) is 0. The molecule has 0 amide bonds. The lowest BCUT2D eigenvalue weighted by atomic mass is 9.99. The molecule has 2 fully saturated rings. The molecule has 2 saturated heterocycles. The van der Waals surface area contributed by atoms with E-state index in [1.165, 1.54) is 45.4 Å². The molecule has 6 heteroatoms. The number of halogens is 2. The molecule has 110 valence electrons. The average Bonchev–Trinajstić information content (AvgIpc) is 2.34. The van der Waals surface area contributed by atoms with Gasteiger partial charge in [0.1, 0.15) is 0 Å². The number of piperazine rings is 1. The highest BCUT2D eigenvalue weighted by Gasteiger charge is 2.28. The topological polar surface area (TPSA) is 41.7 Å². The molecular formula is C12H27Cl2N3O. The van der Waals surface area contributed by atoms with Crippen molar-refractivity contribution in [2.75, 3.05) is 52.5 Å². The molecule has 0 bridgehead atoms. The number of nitrogens with two attached hydrogens (primary N) is 1. The molecular weight excluding hydrogens is 273 g/mol. The van der Waals surface area contributed by atoms with Crippen molar-refractivity contribution in [3.05, 3.63) is 0 Å². The Hall–Kier alpha value is 0.420. The van der Waals surface area contributed by atoms with Gasteiger partial charge in [0.15, 0.2) is 0 Å². The second kappa shape index (κ2) is 10.2. The van der Waals surface area contributed by atoms with Gasteiger partial charge in [0.25, 0.3) is 0 Å². The first-order valence-corrected chi connectivity index (χ1v) is 6.64. The maximum Gasteiger partial charge on any atom is 0.0594 e. The van der Waals surface area contributed by atoms with E-state index in [1.54, 1.807) is 0 Å². The fourth-order valence-corrected chi connectivity index (χ4v) is 2.80. The fourth-order valence-electron chi connectivity index (χ4n) is 2.80. The quantitative estimate of drug-likeness (QED) is 0.769. The molecule has 1 unspecified atom stereocenters. The molecule has 0 aromatic rings. The second-order valence-electron chi connectivity index (χ2n) is 4.89. The monoisotopic (exact) mass is 299 g/mol. The van der Waals surface area contributed by atoms with Crippen molar-refractivity contribution in [2.24, 2.45) is 5.73 Å². The highest BCUT2D eigenvalue weighted by molar-refractivity contribution is 5.85. The van der Waals surface area contributed by atoms with Crippen LogP contribution in [0.2, 0.25) is 0 Å². The molecule has 2 heterocycles. The number of fused-ring (bicyclic) bond motifs is 1. The smallest absolute Gasteiger partial charge is 0.0594 e. The number of nitrogens with zero attached hydrogens (tertiary/aromatic N) is 2. The first kappa shape index (κ1) is 18.4. The molecule has 0 aliphatic carbocycles. The van der Waals surface area contributed by atoms with E-state index in [9.17, 15) is 0 Å². The third kappa shape index (κ3) is 5.59. The van der Waals surface area contributed by atoms with E-state index in [2.05, 4.69) is 9.80 Å². The molecule has 0 spiro atoms. The largest absolute Gasteiger partial charge is 0.379 e. The summed E-state index contributed by atoms with van der Waals surface area (Å²) in [5.74, 6) is 0. The summed E-state index contributed by atoms with van der Waals surface area (Å²) >= 11 is 0. The lowest BCUT2D eigenvalue weighted by molar-refractivity contribution is 0.0306. The lowest BCUT2D eigenvalue weighted by Crippen LogP contribution is -2.55. The van der Waals surface area contributed by atoms with Crippen molar-refractivity contribution >= 4 is 24.8 Å². The minimum atomic E-state index is 0. The zero-order valence-corrected chi connectivity index (χ0v) is 12.7. The maximum atomic E-state index is 5.44. The molecule has 0 saturated carbocycles. The number of piperidine rings is 1. The van der Waals surface area contributed by atoms with E-state index in [-0.39, 0.29) is 24.8 Å². The van der Waals surface area contributed by atoms with Crippen LogP contribution in [0, 0.1) is 0 Å². The van der Waals surface area contributed by atoms with Gasteiger partial charge in [-0.05, 0) is 19.4 Å². The Morgan fingerprint density at radius 3 is 2.67 bits per heavy atom. The van der Waals surface area contributed by atoms with E-state index in [4.69, 9.17) is 10.5 Å². The molecule has 0 aromatic carbocycles. The summed E-state index contributed by atoms with van der Waals surface area (Å²) in [5.41, 5.74) is 5.39. The van der Waals surface area contributed by atoms with E-state index in [1.807, 2.05) is 0 Å². The summed E-state index contributed by atoms with van der Waals surface area (Å²) in [6, 6.07) is 0.817. The zero-order chi connectivity index (χ0) is 11.2. The highest BCUT2D eigenvalue weighted by Crippen LogP contribution is 2.20. The third-order valence-electron chi connectivity index (χ3n) is 3.74. The average molecular weight is 300 g/mol. The minimum Gasteiger partial charge on any atom is -0.379 e. The predicted molar refractivity (Wildman–Crippen MR) is 80.0 cm³/mol. The van der Waals surface area contributed by atoms with Gasteiger partial charge in [-0.1, -0.05) is 6.42 Å². The van der Waals surface area contributed by atoms with Gasteiger partial charge in [0.05, 0.1) is 13.2 Å². The van der Waals surface area contributed by atoms with Gasteiger partial charge >= 0.3 is 0 Å². The van der Waals surface area contributed by atoms with Gasteiger partial charge in [0.2, 0.25) is 0 Å². The van der Waals surface area contributed by atoms with E-state index >= 15 is 0 Å². The van der Waals surface area contributed by atoms with Crippen LogP contribution >= 0.6 is 24.8 Å². The third-order valence-corrected chi connectivity index (χ3v) is 3.74. The molecule has 1 atom stereocenters. The first-order chi connectivity index (χ1) is 7.90. The Morgan fingerprint density at radius 2 is 1.89 bits per heavy atom. The number of hydrogen-bond donors (Lipinski definition) is 1. The van der Waals surface area contributed by atoms with Crippen LogP contribution in [0.25, 0.3) is 0 Å². The zero-order valence-electron chi connectivity index (χ0n) is 11.1. The Bertz CT molecular complexity index is 210. The van der Waals surface area contributed by atoms with E-state index in [0.29, 0.717) is 13.2 Å². The summed E-state index contributed by atoms with van der Waals surface area (Å²) in [4.78, 5) is 5.21. The molecule has 4 nitrogen and oxygen atoms in total. The van der Waals surface area contributed by atoms with Gasteiger partial charge in [-0.15, -0.1) is 24.8 Å². The van der Waals surface area contributed by atoms with Crippen LogP contribution in [-0.4, -0.2) is 68.3 Å². The van der Waals surface area contributed by atoms with Crippen molar-refractivity contribution in [1.82, 2.24) is 9.80 Å². The Labute approximate surface area is 123 Å². The number of rotatable bonds is 5. The van der Waals surface area contributed by atoms with Crippen LogP contribution in [0.15, 0.2) is 0 Å². The molecule has 2 aliphatic heterocycles. The molecule has 2 rings (SSSR count). The summed E-state index contributed by atoms with van der Waals surface area (Å²) in [5, 5.41) is 0. The fraction of sp³-hybridized carbons (Fsp3) is 1.00. The van der Waals surface area contributed by atoms with Gasteiger partial charge in [-0.3, -0.25) is 9.80 Å². The Balaban J connectivity index is 0.00000144. The molecule has 2 aliphatic rings. The molecule has 2 N–H and O–H groups in total. The van der Waals surface area contributed by atoms with Crippen molar-refractivity contribution in [3.63, 3.8) is 0 Å². The van der Waals surface area contributed by atoms with Crippen molar-refractivity contribution in [2.45, 2.75) is 25.3 Å². The standard InChI is InChI=1S/C12H25N3O.2ClH/c13-4-9-16-10-8-14-6-7-15-5-2-1-3-12(15)11-14;;/h12H,1-11,13H2;2*1H. The normalized spacial score (nSPS) is 24.8. The van der Waals surface area contributed by atoms with Crippen LogP contribution in [0.5, 0.6) is 0 Å². The SMILES string of the molecule is Cl.Cl.NCCOCCN1CCN2CCCCC2C1. The number of ether oxygens (including phenoxy) is 1. The summed E-state index contributed by atoms with van der Waals surface area (Å²) in [6.07, 6.45) is 4.20. The van der Waals surface area contributed by atoms with Gasteiger partial charge < -0.3 is 10.5 Å². The van der Waals surface area contributed by atoms with E-state index in [0.717, 1.165) is 19.2 Å². The minimum absolute atomic E-state index is 0. The number of hydrogen-bond acceptors (Lipinski definition) is 4. The van der Waals surface area contributed by atoms with Crippen molar-refractivity contribution in [1.29, 1.82) is 0 Å². The van der Waals surface area contributed by atoms with Crippen LogP contribution in [-0.2, 0) is 4.74 Å². The molecule has 0 aromatic heterocycles. The van der Waals surface area contributed by atoms with Crippen LogP contribution < -0.4 is 5.73 Å². The van der Waals surface area contributed by atoms with Crippen LogP contribution in [0.4, 0.5) is 0 Å². The van der Waals surface area contributed by atoms with E-state index < -0.39 is 0 Å². The maximum absolute atomic E-state index is 5.44. The van der Waals surface area contributed by atoms with Gasteiger partial charge in [0, 0.05) is 38.8 Å². The van der Waals surface area contributed by atoms with Gasteiger partial charge in [-0.2, -0.15) is 0 Å². The molecule has 0 radical (unpaired) electrons.